The smallest absolute Gasteiger partial charge is 0.258 e. The maximum atomic E-state index is 12.5. The summed E-state index contributed by atoms with van der Waals surface area (Å²) in [7, 11) is 1.73. The number of nitrogens with zero attached hydrogens (tertiary/aromatic N) is 3. The van der Waals surface area contributed by atoms with Gasteiger partial charge < -0.3 is 5.32 Å². The van der Waals surface area contributed by atoms with Crippen LogP contribution in [0.1, 0.15) is 16.7 Å². The van der Waals surface area contributed by atoms with Crippen molar-refractivity contribution in [2.24, 2.45) is 7.05 Å². The normalized spacial score (nSPS) is 10.6. The fourth-order valence-corrected chi connectivity index (χ4v) is 2.55. The van der Waals surface area contributed by atoms with E-state index in [9.17, 15) is 4.79 Å². The van der Waals surface area contributed by atoms with Crippen LogP contribution in [0.2, 0.25) is 0 Å². The molecule has 0 aliphatic rings. The number of aromatic nitrogens is 3. The second kappa shape index (κ2) is 6.66. The van der Waals surface area contributed by atoms with Gasteiger partial charge in [-0.1, -0.05) is 29.8 Å². The first-order valence-corrected chi connectivity index (χ1v) is 7.83. The van der Waals surface area contributed by atoms with Crippen LogP contribution in [-0.2, 0) is 13.6 Å². The highest BCUT2D eigenvalue weighted by atomic mass is 16.1. The molecular weight excluding hydrogens is 300 g/mol. The summed E-state index contributed by atoms with van der Waals surface area (Å²) in [4.78, 5) is 21.2. The fraction of sp³-hybridized carbons (Fsp3) is 0.211. The van der Waals surface area contributed by atoms with Crippen LogP contribution in [-0.4, -0.2) is 14.5 Å². The van der Waals surface area contributed by atoms with Gasteiger partial charge in [-0.25, -0.2) is 4.98 Å². The van der Waals surface area contributed by atoms with Crippen molar-refractivity contribution < 1.29 is 0 Å². The zero-order chi connectivity index (χ0) is 17.1. The zero-order valence-corrected chi connectivity index (χ0v) is 14.1. The number of anilines is 1. The van der Waals surface area contributed by atoms with Gasteiger partial charge in [0, 0.05) is 37.1 Å². The average molecular weight is 320 g/mol. The van der Waals surface area contributed by atoms with E-state index < -0.39 is 0 Å². The van der Waals surface area contributed by atoms with Gasteiger partial charge in [-0.15, -0.1) is 0 Å². The van der Waals surface area contributed by atoms with Crippen LogP contribution in [0.5, 0.6) is 0 Å². The number of benzene rings is 1. The Hall–Kier alpha value is -2.95. The van der Waals surface area contributed by atoms with Crippen LogP contribution in [0.4, 0.5) is 5.95 Å². The van der Waals surface area contributed by atoms with E-state index in [-0.39, 0.29) is 5.56 Å². The van der Waals surface area contributed by atoms with Gasteiger partial charge in [0.2, 0.25) is 5.95 Å². The maximum Gasteiger partial charge on any atom is 0.258 e. The van der Waals surface area contributed by atoms with Crippen molar-refractivity contribution in [3.63, 3.8) is 0 Å². The van der Waals surface area contributed by atoms with Gasteiger partial charge in [0.15, 0.2) is 0 Å². The molecule has 0 saturated carbocycles. The second-order valence-corrected chi connectivity index (χ2v) is 5.85. The number of rotatable bonds is 4. The Kier molecular flexibility index (Phi) is 4.42. The van der Waals surface area contributed by atoms with Crippen LogP contribution in [0.25, 0.3) is 11.3 Å². The summed E-state index contributed by atoms with van der Waals surface area (Å²) in [5.41, 5.74) is 4.51. The summed E-state index contributed by atoms with van der Waals surface area (Å²) in [5, 5.41) is 3.26. The molecular formula is C19H20N4O. The highest BCUT2D eigenvalue weighted by Gasteiger charge is 2.12. The minimum atomic E-state index is -0.0526. The minimum Gasteiger partial charge on any atom is -0.351 e. The summed E-state index contributed by atoms with van der Waals surface area (Å²) in [5.74, 6) is 0.554. The van der Waals surface area contributed by atoms with Crippen LogP contribution in [0, 0.1) is 13.8 Å². The minimum absolute atomic E-state index is 0.0526. The number of aryl methyl sites for hydroxylation is 1. The lowest BCUT2D eigenvalue weighted by Crippen LogP contribution is -2.25. The van der Waals surface area contributed by atoms with Gasteiger partial charge in [-0.3, -0.25) is 14.3 Å². The predicted molar refractivity (Wildman–Crippen MR) is 96.0 cm³/mol. The molecule has 0 spiro atoms. The van der Waals surface area contributed by atoms with Crippen molar-refractivity contribution >= 4 is 5.95 Å². The first kappa shape index (κ1) is 15.9. The molecule has 1 N–H and O–H groups in total. The molecule has 0 amide bonds. The second-order valence-electron chi connectivity index (χ2n) is 5.85. The Morgan fingerprint density at radius 1 is 1.04 bits per heavy atom. The molecule has 0 bridgehead atoms. The molecule has 0 radical (unpaired) electrons. The van der Waals surface area contributed by atoms with E-state index >= 15 is 0 Å². The van der Waals surface area contributed by atoms with Crippen molar-refractivity contribution in [3.8, 4) is 11.3 Å². The van der Waals surface area contributed by atoms with Crippen LogP contribution in [0.3, 0.4) is 0 Å². The molecule has 0 fully saturated rings. The van der Waals surface area contributed by atoms with E-state index in [1.807, 2.05) is 12.1 Å². The summed E-state index contributed by atoms with van der Waals surface area (Å²) in [6, 6.07) is 12.0. The molecule has 24 heavy (non-hydrogen) atoms. The molecule has 0 saturated heterocycles. The van der Waals surface area contributed by atoms with Crippen LogP contribution < -0.4 is 10.9 Å². The third-order valence-corrected chi connectivity index (χ3v) is 4.04. The fourth-order valence-electron chi connectivity index (χ4n) is 2.55. The summed E-state index contributed by atoms with van der Waals surface area (Å²) in [6.45, 7) is 4.47. The van der Waals surface area contributed by atoms with Gasteiger partial charge in [-0.2, -0.15) is 0 Å². The third-order valence-electron chi connectivity index (χ3n) is 4.04. The van der Waals surface area contributed by atoms with E-state index in [1.165, 1.54) is 5.56 Å². The summed E-state index contributed by atoms with van der Waals surface area (Å²) < 4.78 is 1.55. The lowest BCUT2D eigenvalue weighted by Gasteiger charge is -2.14. The van der Waals surface area contributed by atoms with Crippen LogP contribution >= 0.6 is 0 Å². The molecule has 2 aromatic heterocycles. The number of hydrogen-bond acceptors (Lipinski definition) is 4. The largest absolute Gasteiger partial charge is 0.351 e. The zero-order valence-electron chi connectivity index (χ0n) is 14.1. The van der Waals surface area contributed by atoms with Gasteiger partial charge >= 0.3 is 0 Å². The van der Waals surface area contributed by atoms with Crippen molar-refractivity contribution in [3.05, 3.63) is 75.8 Å². The Morgan fingerprint density at radius 3 is 2.38 bits per heavy atom. The van der Waals surface area contributed by atoms with Crippen molar-refractivity contribution in [2.45, 2.75) is 20.4 Å². The molecule has 3 aromatic rings. The molecule has 0 aliphatic heterocycles. The Balaban J connectivity index is 1.94. The molecule has 3 rings (SSSR count). The van der Waals surface area contributed by atoms with Crippen molar-refractivity contribution in [1.82, 2.24) is 14.5 Å². The molecule has 0 unspecified atom stereocenters. The van der Waals surface area contributed by atoms with Crippen LogP contribution in [0.15, 0.2) is 53.6 Å². The third kappa shape index (κ3) is 3.20. The molecule has 0 aliphatic carbocycles. The topological polar surface area (TPSA) is 59.8 Å². The summed E-state index contributed by atoms with van der Waals surface area (Å²) >= 11 is 0. The van der Waals surface area contributed by atoms with Crippen molar-refractivity contribution in [1.29, 1.82) is 0 Å². The van der Waals surface area contributed by atoms with E-state index in [0.717, 1.165) is 11.1 Å². The van der Waals surface area contributed by atoms with Gasteiger partial charge in [0.05, 0.1) is 5.69 Å². The molecule has 5 nitrogen and oxygen atoms in total. The van der Waals surface area contributed by atoms with E-state index in [0.29, 0.717) is 23.8 Å². The van der Waals surface area contributed by atoms with Gasteiger partial charge in [-0.05, 0) is 31.5 Å². The highest BCUT2D eigenvalue weighted by molar-refractivity contribution is 5.63. The van der Waals surface area contributed by atoms with Crippen molar-refractivity contribution in [2.75, 3.05) is 5.32 Å². The average Bonchev–Trinajstić information content (AvgIpc) is 2.61. The first-order valence-electron chi connectivity index (χ1n) is 7.83. The van der Waals surface area contributed by atoms with Gasteiger partial charge in [0.1, 0.15) is 0 Å². The first-order chi connectivity index (χ1) is 11.6. The Morgan fingerprint density at radius 2 is 1.71 bits per heavy atom. The predicted octanol–water partition coefficient (Wildman–Crippen LogP) is 3.07. The Bertz CT molecular complexity index is 899. The lowest BCUT2D eigenvalue weighted by atomic mass is 10.1. The SMILES string of the molecule is Cc1ccc(CNc2nc(-c3ccncc3)c(C)c(=O)n2C)cc1. The number of pyridine rings is 1. The molecule has 1 aromatic carbocycles. The monoisotopic (exact) mass is 320 g/mol. The number of hydrogen-bond donors (Lipinski definition) is 1. The number of nitrogens with one attached hydrogen (secondary N) is 1. The molecule has 5 heteroatoms. The standard InChI is InChI=1S/C19H20N4O/c1-13-4-6-15(7-5-13)12-21-19-22-17(14(2)18(24)23(19)3)16-8-10-20-11-9-16/h4-11H,12H2,1-3H3,(H,21,22). The molecule has 2 heterocycles. The van der Waals surface area contributed by atoms with E-state index in [2.05, 4.69) is 46.5 Å². The highest BCUT2D eigenvalue weighted by Crippen LogP contribution is 2.19. The lowest BCUT2D eigenvalue weighted by molar-refractivity contribution is 0.812. The molecule has 122 valence electrons. The molecule has 0 atom stereocenters. The Labute approximate surface area is 141 Å². The van der Waals surface area contributed by atoms with Gasteiger partial charge in [0.25, 0.3) is 5.56 Å². The maximum absolute atomic E-state index is 12.5. The van der Waals surface area contributed by atoms with E-state index in [4.69, 9.17) is 0 Å². The summed E-state index contributed by atoms with van der Waals surface area (Å²) in [6.07, 6.45) is 3.40. The quantitative estimate of drug-likeness (QED) is 0.802. The van der Waals surface area contributed by atoms with E-state index in [1.54, 1.807) is 30.9 Å².